The molecule has 5 heteroatoms. The molecule has 2 bridgehead atoms. The van der Waals surface area contributed by atoms with Crippen molar-refractivity contribution >= 4 is 11.6 Å². The lowest BCUT2D eigenvalue weighted by Gasteiger charge is -2.44. The minimum absolute atomic E-state index is 0.00959. The molecule has 0 aliphatic heterocycles. The van der Waals surface area contributed by atoms with E-state index in [4.69, 9.17) is 14.2 Å². The summed E-state index contributed by atoms with van der Waals surface area (Å²) in [6, 6.07) is 3.56. The number of fused-ring (bicyclic) bond motifs is 2. The monoisotopic (exact) mass is 443 g/mol. The predicted octanol–water partition coefficient (Wildman–Crippen LogP) is 6.62. The van der Waals surface area contributed by atoms with Crippen molar-refractivity contribution in [3.8, 4) is 17.2 Å². The van der Waals surface area contributed by atoms with Crippen LogP contribution in [0.25, 0.3) is 0 Å². The Bertz CT molecular complexity index is 750. The van der Waals surface area contributed by atoms with Crippen molar-refractivity contribution in [2.24, 2.45) is 23.7 Å². The summed E-state index contributed by atoms with van der Waals surface area (Å²) in [6.07, 6.45) is 17.2. The lowest BCUT2D eigenvalue weighted by atomic mass is 9.60. The summed E-state index contributed by atoms with van der Waals surface area (Å²) >= 11 is 0. The van der Waals surface area contributed by atoms with Crippen LogP contribution in [-0.2, 0) is 4.79 Å². The lowest BCUT2D eigenvalue weighted by molar-refractivity contribution is -0.125. The molecule has 0 radical (unpaired) electrons. The number of hydrogen-bond acceptors (Lipinski definition) is 4. The number of anilines is 1. The number of carbonyl (C=O) groups is 1. The summed E-state index contributed by atoms with van der Waals surface area (Å²) in [4.78, 5) is 13.6. The number of allylic oxidation sites excluding steroid dienone is 2. The van der Waals surface area contributed by atoms with E-state index in [2.05, 4.69) is 24.4 Å². The van der Waals surface area contributed by atoms with Crippen molar-refractivity contribution in [3.05, 3.63) is 24.3 Å². The normalized spacial score (nSPS) is 23.8. The molecule has 0 spiro atoms. The summed E-state index contributed by atoms with van der Waals surface area (Å²) < 4.78 is 16.4. The molecule has 0 aromatic heterocycles. The van der Waals surface area contributed by atoms with Gasteiger partial charge in [0, 0.05) is 18.1 Å². The molecule has 3 aliphatic carbocycles. The molecule has 3 aliphatic rings. The summed E-state index contributed by atoms with van der Waals surface area (Å²) in [6.45, 7) is 2.26. The number of carbonyl (C=O) groups excluding carboxylic acids is 1. The first-order chi connectivity index (χ1) is 15.6. The number of hydrogen-bond donors (Lipinski definition) is 1. The average Bonchev–Trinajstić information content (AvgIpc) is 2.83. The summed E-state index contributed by atoms with van der Waals surface area (Å²) in [5.41, 5.74) is 0.584. The van der Waals surface area contributed by atoms with E-state index in [0.29, 0.717) is 40.7 Å². The van der Waals surface area contributed by atoms with Crippen molar-refractivity contribution in [1.82, 2.24) is 0 Å². The van der Waals surface area contributed by atoms with Gasteiger partial charge in [0.15, 0.2) is 0 Å². The van der Waals surface area contributed by atoms with Crippen molar-refractivity contribution in [2.45, 2.75) is 71.1 Å². The maximum atomic E-state index is 13.6. The van der Waals surface area contributed by atoms with Crippen LogP contribution in [0, 0.1) is 23.7 Å². The molecule has 5 nitrogen and oxygen atoms in total. The molecule has 32 heavy (non-hydrogen) atoms. The number of unbranched alkanes of at least 4 members (excludes halogenated alkanes) is 6. The van der Waals surface area contributed by atoms with E-state index in [1.807, 2.05) is 0 Å². The molecular weight excluding hydrogens is 402 g/mol. The first-order valence-electron chi connectivity index (χ1n) is 12.4. The van der Waals surface area contributed by atoms with Gasteiger partial charge in [0.25, 0.3) is 0 Å². The maximum Gasteiger partial charge on any atom is 0.228 e. The van der Waals surface area contributed by atoms with E-state index >= 15 is 0 Å². The molecule has 4 unspecified atom stereocenters. The number of methoxy groups -OCH3 is 3. The lowest BCUT2D eigenvalue weighted by Crippen LogP contribution is -2.43. The van der Waals surface area contributed by atoms with Crippen molar-refractivity contribution in [3.63, 3.8) is 0 Å². The standard InChI is InChI=1S/C27H41NO4/c1-5-6-7-8-9-10-11-12-22-19-13-15-20(16-14-19)25(22)27(29)28-26-23(31-3)17-21(30-2)18-24(26)32-4/h13,15,17-20,22,25H,5-12,14,16H2,1-4H3,(H,28,29). The number of benzene rings is 1. The van der Waals surface area contributed by atoms with Crippen LogP contribution in [-0.4, -0.2) is 27.2 Å². The van der Waals surface area contributed by atoms with Crippen LogP contribution in [0.4, 0.5) is 5.69 Å². The van der Waals surface area contributed by atoms with Gasteiger partial charge in [-0.3, -0.25) is 4.79 Å². The van der Waals surface area contributed by atoms with Gasteiger partial charge in [-0.2, -0.15) is 0 Å². The highest BCUT2D eigenvalue weighted by Gasteiger charge is 2.44. The second-order valence-corrected chi connectivity index (χ2v) is 9.29. The predicted molar refractivity (Wildman–Crippen MR) is 130 cm³/mol. The SMILES string of the molecule is CCCCCCCCCC1C2C=CC(CC2)C1C(=O)Nc1c(OC)cc(OC)cc1OC. The fourth-order valence-electron chi connectivity index (χ4n) is 5.56. The smallest absolute Gasteiger partial charge is 0.228 e. The molecule has 1 saturated carbocycles. The molecule has 4 atom stereocenters. The molecule has 1 N–H and O–H groups in total. The Morgan fingerprint density at radius 3 is 2.03 bits per heavy atom. The fraction of sp³-hybridized carbons (Fsp3) is 0.667. The van der Waals surface area contributed by atoms with E-state index in [1.54, 1.807) is 33.5 Å². The average molecular weight is 444 g/mol. The molecule has 0 heterocycles. The largest absolute Gasteiger partial charge is 0.496 e. The van der Waals surface area contributed by atoms with Gasteiger partial charge in [-0.1, -0.05) is 64.0 Å². The molecule has 178 valence electrons. The summed E-state index contributed by atoms with van der Waals surface area (Å²) in [7, 11) is 4.79. The third-order valence-corrected chi connectivity index (χ3v) is 7.32. The van der Waals surface area contributed by atoms with Gasteiger partial charge in [-0.15, -0.1) is 0 Å². The first-order valence-corrected chi connectivity index (χ1v) is 12.4. The maximum absolute atomic E-state index is 13.6. The Balaban J connectivity index is 1.68. The topological polar surface area (TPSA) is 56.8 Å². The number of amides is 1. The minimum atomic E-state index is 0.00959. The van der Waals surface area contributed by atoms with E-state index in [1.165, 1.54) is 51.4 Å². The van der Waals surface area contributed by atoms with Gasteiger partial charge in [0.2, 0.25) is 5.91 Å². The van der Waals surface area contributed by atoms with Crippen molar-refractivity contribution < 1.29 is 19.0 Å². The van der Waals surface area contributed by atoms with E-state index in [-0.39, 0.29) is 11.8 Å². The quantitative estimate of drug-likeness (QED) is 0.275. The Morgan fingerprint density at radius 2 is 1.47 bits per heavy atom. The van der Waals surface area contributed by atoms with Crippen LogP contribution in [0.2, 0.25) is 0 Å². The zero-order valence-corrected chi connectivity index (χ0v) is 20.3. The highest BCUT2D eigenvalue weighted by molar-refractivity contribution is 5.96. The van der Waals surface area contributed by atoms with Gasteiger partial charge in [-0.25, -0.2) is 0 Å². The summed E-state index contributed by atoms with van der Waals surface area (Å²) in [5, 5.41) is 3.16. The Morgan fingerprint density at radius 1 is 0.875 bits per heavy atom. The minimum Gasteiger partial charge on any atom is -0.496 e. The van der Waals surface area contributed by atoms with Crippen molar-refractivity contribution in [2.75, 3.05) is 26.6 Å². The highest BCUT2D eigenvalue weighted by Crippen LogP contribution is 2.48. The Hall–Kier alpha value is -2.17. The van der Waals surface area contributed by atoms with E-state index in [9.17, 15) is 4.79 Å². The van der Waals surface area contributed by atoms with Crippen LogP contribution in [0.1, 0.15) is 71.1 Å². The molecule has 1 aromatic carbocycles. The fourth-order valence-corrected chi connectivity index (χ4v) is 5.56. The summed E-state index contributed by atoms with van der Waals surface area (Å²) in [5.74, 6) is 3.09. The van der Waals surface area contributed by atoms with Crippen LogP contribution in [0.3, 0.4) is 0 Å². The first kappa shape index (κ1) is 24.5. The molecule has 1 fully saturated rings. The van der Waals surface area contributed by atoms with Crippen LogP contribution >= 0.6 is 0 Å². The van der Waals surface area contributed by atoms with Crippen LogP contribution < -0.4 is 19.5 Å². The molecular formula is C27H41NO4. The van der Waals surface area contributed by atoms with Crippen molar-refractivity contribution in [1.29, 1.82) is 0 Å². The zero-order chi connectivity index (χ0) is 22.9. The number of ether oxygens (including phenoxy) is 3. The van der Waals surface area contributed by atoms with Gasteiger partial charge >= 0.3 is 0 Å². The molecule has 1 aromatic rings. The number of nitrogens with one attached hydrogen (secondary N) is 1. The van der Waals surface area contributed by atoms with Crippen LogP contribution in [0.15, 0.2) is 24.3 Å². The van der Waals surface area contributed by atoms with E-state index in [0.717, 1.165) is 12.8 Å². The van der Waals surface area contributed by atoms with E-state index < -0.39 is 0 Å². The number of rotatable bonds is 13. The van der Waals surface area contributed by atoms with Gasteiger partial charge in [-0.05, 0) is 37.0 Å². The molecule has 1 amide bonds. The zero-order valence-electron chi connectivity index (χ0n) is 20.3. The van der Waals surface area contributed by atoms with Crippen LogP contribution in [0.5, 0.6) is 17.2 Å². The second kappa shape index (κ2) is 12.2. The van der Waals surface area contributed by atoms with Gasteiger partial charge in [0.1, 0.15) is 22.9 Å². The van der Waals surface area contributed by atoms with Gasteiger partial charge in [0.05, 0.1) is 21.3 Å². The highest BCUT2D eigenvalue weighted by atomic mass is 16.5. The van der Waals surface area contributed by atoms with Gasteiger partial charge < -0.3 is 19.5 Å². The molecule has 4 rings (SSSR count). The second-order valence-electron chi connectivity index (χ2n) is 9.29. The Labute approximate surface area is 193 Å². The third-order valence-electron chi connectivity index (χ3n) is 7.32. The Kier molecular flexibility index (Phi) is 9.31. The molecule has 0 saturated heterocycles. The third kappa shape index (κ3) is 5.79.